The van der Waals surface area contributed by atoms with E-state index < -0.39 is 0 Å². The van der Waals surface area contributed by atoms with Crippen molar-refractivity contribution in [3.05, 3.63) is 11.9 Å². The summed E-state index contributed by atoms with van der Waals surface area (Å²) in [5.74, 6) is 3.75. The average molecular weight is 290 g/mol. The van der Waals surface area contributed by atoms with Crippen LogP contribution >= 0.6 is 0 Å². The molecule has 1 saturated heterocycles. The molecule has 2 atom stereocenters. The van der Waals surface area contributed by atoms with Crippen LogP contribution in [-0.4, -0.2) is 29.1 Å². The predicted molar refractivity (Wildman–Crippen MR) is 90.1 cm³/mol. The Morgan fingerprint density at radius 1 is 1.29 bits per heavy atom. The Kier molecular flexibility index (Phi) is 4.74. The van der Waals surface area contributed by atoms with E-state index in [9.17, 15) is 0 Å². The Hall–Kier alpha value is -1.32. The number of hydrogen-bond donors (Lipinski definition) is 1. The molecule has 1 aliphatic rings. The molecule has 2 heterocycles. The van der Waals surface area contributed by atoms with Gasteiger partial charge in [-0.05, 0) is 32.6 Å². The lowest BCUT2D eigenvalue weighted by atomic mass is 9.93. The summed E-state index contributed by atoms with van der Waals surface area (Å²) < 4.78 is 0. The van der Waals surface area contributed by atoms with E-state index in [2.05, 4.69) is 62.8 Å². The minimum atomic E-state index is -0.0352. The molecular weight excluding hydrogens is 260 g/mol. The van der Waals surface area contributed by atoms with Crippen LogP contribution in [0.2, 0.25) is 0 Å². The zero-order valence-corrected chi connectivity index (χ0v) is 14.4. The van der Waals surface area contributed by atoms with Gasteiger partial charge in [0.05, 0.1) is 0 Å². The largest absolute Gasteiger partial charge is 0.370 e. The van der Waals surface area contributed by atoms with Gasteiger partial charge in [-0.1, -0.05) is 27.7 Å². The van der Waals surface area contributed by atoms with Crippen molar-refractivity contribution in [1.29, 1.82) is 0 Å². The molecule has 0 aliphatic carbocycles. The summed E-state index contributed by atoms with van der Waals surface area (Å²) in [6, 6.07) is 2.65. The van der Waals surface area contributed by atoms with Crippen LogP contribution in [0.25, 0.3) is 0 Å². The van der Waals surface area contributed by atoms with Gasteiger partial charge in [0, 0.05) is 30.6 Å². The highest BCUT2D eigenvalue weighted by Gasteiger charge is 2.26. The van der Waals surface area contributed by atoms with Gasteiger partial charge in [-0.2, -0.15) is 0 Å². The SMILES string of the molecule is CCNc1cc(N2CCC(C)CC2C)nc(C(C)(C)C)n1. The predicted octanol–water partition coefficient (Wildman–Crippen LogP) is 3.83. The lowest BCUT2D eigenvalue weighted by molar-refractivity contribution is 0.375. The number of piperidine rings is 1. The zero-order chi connectivity index (χ0) is 15.6. The van der Waals surface area contributed by atoms with Crippen molar-refractivity contribution >= 4 is 11.6 Å². The summed E-state index contributed by atoms with van der Waals surface area (Å²) >= 11 is 0. The number of hydrogen-bond acceptors (Lipinski definition) is 4. The second-order valence-corrected chi connectivity index (χ2v) is 7.39. The molecule has 21 heavy (non-hydrogen) atoms. The molecule has 2 rings (SSSR count). The molecule has 1 aromatic heterocycles. The summed E-state index contributed by atoms with van der Waals surface area (Å²) in [7, 11) is 0. The van der Waals surface area contributed by atoms with Crippen molar-refractivity contribution in [3.8, 4) is 0 Å². The third-order valence-electron chi connectivity index (χ3n) is 4.17. The van der Waals surface area contributed by atoms with E-state index in [-0.39, 0.29) is 5.41 Å². The topological polar surface area (TPSA) is 41.0 Å². The van der Waals surface area contributed by atoms with Crippen LogP contribution in [0.3, 0.4) is 0 Å². The molecule has 0 aromatic carbocycles. The van der Waals surface area contributed by atoms with Gasteiger partial charge >= 0.3 is 0 Å². The first kappa shape index (κ1) is 16.1. The Bertz CT molecular complexity index is 478. The van der Waals surface area contributed by atoms with E-state index in [1.54, 1.807) is 0 Å². The molecule has 1 aliphatic heterocycles. The lowest BCUT2D eigenvalue weighted by Gasteiger charge is -2.38. The standard InChI is InChI=1S/C17H30N4/c1-7-18-14-11-15(20-16(19-14)17(4,5)6)21-9-8-12(2)10-13(21)3/h11-13H,7-10H2,1-6H3,(H,18,19,20). The molecule has 0 spiro atoms. The highest BCUT2D eigenvalue weighted by molar-refractivity contribution is 5.51. The number of anilines is 2. The Morgan fingerprint density at radius 2 is 2.00 bits per heavy atom. The van der Waals surface area contributed by atoms with E-state index >= 15 is 0 Å². The van der Waals surface area contributed by atoms with Crippen LogP contribution < -0.4 is 10.2 Å². The molecule has 4 heteroatoms. The fraction of sp³-hybridized carbons (Fsp3) is 0.765. The Labute approximate surface area is 129 Å². The number of nitrogens with zero attached hydrogens (tertiary/aromatic N) is 3. The first-order valence-corrected chi connectivity index (χ1v) is 8.21. The fourth-order valence-electron chi connectivity index (χ4n) is 2.94. The van der Waals surface area contributed by atoms with Gasteiger partial charge in [0.25, 0.3) is 0 Å². The van der Waals surface area contributed by atoms with Crippen LogP contribution in [0, 0.1) is 5.92 Å². The average Bonchev–Trinajstić information content (AvgIpc) is 2.37. The molecule has 1 N–H and O–H groups in total. The lowest BCUT2D eigenvalue weighted by Crippen LogP contribution is -2.41. The maximum atomic E-state index is 4.86. The molecule has 1 aromatic rings. The highest BCUT2D eigenvalue weighted by atomic mass is 15.2. The number of aromatic nitrogens is 2. The second kappa shape index (κ2) is 6.20. The maximum Gasteiger partial charge on any atom is 0.138 e. The van der Waals surface area contributed by atoms with Crippen LogP contribution in [0.4, 0.5) is 11.6 Å². The van der Waals surface area contributed by atoms with Crippen molar-refractivity contribution < 1.29 is 0 Å². The van der Waals surface area contributed by atoms with Gasteiger partial charge in [-0.15, -0.1) is 0 Å². The van der Waals surface area contributed by atoms with Crippen LogP contribution in [0.15, 0.2) is 6.07 Å². The van der Waals surface area contributed by atoms with Crippen LogP contribution in [-0.2, 0) is 5.41 Å². The van der Waals surface area contributed by atoms with Crippen LogP contribution in [0.5, 0.6) is 0 Å². The van der Waals surface area contributed by atoms with Gasteiger partial charge in [0.15, 0.2) is 0 Å². The minimum Gasteiger partial charge on any atom is -0.370 e. The van der Waals surface area contributed by atoms with E-state index in [0.29, 0.717) is 6.04 Å². The van der Waals surface area contributed by atoms with Crippen molar-refractivity contribution in [2.75, 3.05) is 23.3 Å². The molecular formula is C17H30N4. The Morgan fingerprint density at radius 3 is 2.57 bits per heavy atom. The summed E-state index contributed by atoms with van der Waals surface area (Å²) in [6.07, 6.45) is 2.49. The van der Waals surface area contributed by atoms with Gasteiger partial charge < -0.3 is 10.2 Å². The van der Waals surface area contributed by atoms with Gasteiger partial charge in [-0.3, -0.25) is 0 Å². The molecule has 0 amide bonds. The third-order valence-corrected chi connectivity index (χ3v) is 4.17. The number of nitrogens with one attached hydrogen (secondary N) is 1. The van der Waals surface area contributed by atoms with E-state index in [1.165, 1.54) is 12.8 Å². The molecule has 118 valence electrons. The number of rotatable bonds is 3. The minimum absolute atomic E-state index is 0.0352. The quantitative estimate of drug-likeness (QED) is 0.918. The molecule has 4 nitrogen and oxygen atoms in total. The third kappa shape index (κ3) is 3.86. The first-order chi connectivity index (χ1) is 9.81. The van der Waals surface area contributed by atoms with Crippen molar-refractivity contribution in [1.82, 2.24) is 9.97 Å². The second-order valence-electron chi connectivity index (χ2n) is 7.39. The summed E-state index contributed by atoms with van der Waals surface area (Å²) in [4.78, 5) is 12.0. The zero-order valence-electron chi connectivity index (χ0n) is 14.4. The van der Waals surface area contributed by atoms with E-state index in [0.717, 1.165) is 36.5 Å². The first-order valence-electron chi connectivity index (χ1n) is 8.21. The smallest absolute Gasteiger partial charge is 0.138 e. The van der Waals surface area contributed by atoms with E-state index in [4.69, 9.17) is 4.98 Å². The van der Waals surface area contributed by atoms with Crippen molar-refractivity contribution in [2.24, 2.45) is 5.92 Å². The van der Waals surface area contributed by atoms with Gasteiger partial charge in [-0.25, -0.2) is 9.97 Å². The van der Waals surface area contributed by atoms with Crippen molar-refractivity contribution in [3.63, 3.8) is 0 Å². The molecule has 0 bridgehead atoms. The van der Waals surface area contributed by atoms with E-state index in [1.807, 2.05) is 0 Å². The van der Waals surface area contributed by atoms with Gasteiger partial charge in [0.2, 0.25) is 0 Å². The monoisotopic (exact) mass is 290 g/mol. The Balaban J connectivity index is 2.35. The molecule has 0 saturated carbocycles. The molecule has 1 fully saturated rings. The van der Waals surface area contributed by atoms with Crippen molar-refractivity contribution in [2.45, 2.75) is 65.8 Å². The molecule has 0 radical (unpaired) electrons. The maximum absolute atomic E-state index is 4.86. The fourth-order valence-corrected chi connectivity index (χ4v) is 2.94. The summed E-state index contributed by atoms with van der Waals surface area (Å²) in [6.45, 7) is 15.2. The normalized spacial score (nSPS) is 23.2. The van der Waals surface area contributed by atoms with Crippen LogP contribution in [0.1, 0.15) is 60.2 Å². The summed E-state index contributed by atoms with van der Waals surface area (Å²) in [5.41, 5.74) is -0.0352. The summed E-state index contributed by atoms with van der Waals surface area (Å²) in [5, 5.41) is 3.35. The highest BCUT2D eigenvalue weighted by Crippen LogP contribution is 2.29. The molecule has 2 unspecified atom stereocenters. The van der Waals surface area contributed by atoms with Gasteiger partial charge in [0.1, 0.15) is 17.5 Å².